The predicted octanol–water partition coefficient (Wildman–Crippen LogP) is 2.15. The molecule has 0 spiro atoms. The van der Waals surface area contributed by atoms with Crippen molar-refractivity contribution in [3.8, 4) is 0 Å². The Morgan fingerprint density at radius 1 is 1.00 bits per heavy atom. The van der Waals surface area contributed by atoms with E-state index in [1.165, 1.54) is 14.2 Å². The number of hydrogen-bond donors (Lipinski definition) is 0. The number of aryl methyl sites for hydroxylation is 1. The molecule has 6 nitrogen and oxygen atoms in total. The number of nitrogens with zero attached hydrogens (tertiary/aromatic N) is 1. The number of benzene rings is 1. The van der Waals surface area contributed by atoms with Crippen LogP contribution in [0.5, 0.6) is 0 Å². The van der Waals surface area contributed by atoms with E-state index < -0.39 is 17.9 Å². The van der Waals surface area contributed by atoms with E-state index in [4.69, 9.17) is 14.2 Å². The van der Waals surface area contributed by atoms with Crippen molar-refractivity contribution < 1.29 is 23.8 Å². The molecule has 0 aliphatic carbocycles. The third-order valence-electron chi connectivity index (χ3n) is 4.13. The molecule has 0 aromatic heterocycles. The number of carbonyl (C=O) groups is 2. The van der Waals surface area contributed by atoms with Crippen LogP contribution in [-0.2, 0) is 23.8 Å². The average Bonchev–Trinajstić information content (AvgIpc) is 2.64. The summed E-state index contributed by atoms with van der Waals surface area (Å²) in [7, 11) is 4.25. The Morgan fingerprint density at radius 3 is 2.04 bits per heavy atom. The van der Waals surface area contributed by atoms with Crippen molar-refractivity contribution in [1.82, 2.24) is 4.90 Å². The van der Waals surface area contributed by atoms with Crippen LogP contribution in [0.2, 0.25) is 0 Å². The fourth-order valence-corrected chi connectivity index (χ4v) is 2.86. The summed E-state index contributed by atoms with van der Waals surface area (Å²) in [6.45, 7) is 2.89. The average molecular weight is 345 g/mol. The molecule has 1 aromatic carbocycles. The van der Waals surface area contributed by atoms with Crippen molar-refractivity contribution in [2.45, 2.75) is 12.8 Å². The van der Waals surface area contributed by atoms with Crippen molar-refractivity contribution in [2.75, 3.05) is 34.5 Å². The monoisotopic (exact) mass is 345 g/mol. The van der Waals surface area contributed by atoms with E-state index in [1.807, 2.05) is 31.2 Å². The molecule has 2 rings (SSSR count). The smallest absolute Gasteiger partial charge is 0.336 e. The van der Waals surface area contributed by atoms with E-state index in [0.717, 1.165) is 11.1 Å². The van der Waals surface area contributed by atoms with Crippen molar-refractivity contribution >= 4 is 11.9 Å². The summed E-state index contributed by atoms with van der Waals surface area (Å²) in [5.74, 6) is -1.50. The highest BCUT2D eigenvalue weighted by atomic mass is 16.5. The molecule has 0 N–H and O–H groups in total. The van der Waals surface area contributed by atoms with Gasteiger partial charge in [-0.3, -0.25) is 0 Å². The van der Waals surface area contributed by atoms with Gasteiger partial charge in [0.05, 0.1) is 37.9 Å². The van der Waals surface area contributed by atoms with Crippen LogP contribution in [0.1, 0.15) is 17.0 Å². The van der Waals surface area contributed by atoms with Crippen LogP contribution in [0.4, 0.5) is 0 Å². The number of hydrogen-bond acceptors (Lipinski definition) is 6. The summed E-state index contributed by atoms with van der Waals surface area (Å²) in [5, 5.41) is 0. The number of esters is 2. The Labute approximate surface area is 147 Å². The summed E-state index contributed by atoms with van der Waals surface area (Å²) in [4.78, 5) is 26.6. The molecule has 1 aliphatic heterocycles. The standard InChI is InChI=1S/C19H23NO5/c1-13-7-5-6-8-14(13)17-15(18(21)24-3)11-20(9-10-23-2)12-16(17)19(22)25-4/h5-8,11-12,17H,9-10H2,1-4H3. The van der Waals surface area contributed by atoms with Gasteiger partial charge in [-0.15, -0.1) is 0 Å². The lowest BCUT2D eigenvalue weighted by atomic mass is 9.81. The van der Waals surface area contributed by atoms with Gasteiger partial charge in [0, 0.05) is 26.1 Å². The van der Waals surface area contributed by atoms with Gasteiger partial charge < -0.3 is 19.1 Å². The summed E-state index contributed by atoms with van der Waals surface area (Å²) in [6, 6.07) is 7.63. The minimum atomic E-state index is -0.542. The first-order chi connectivity index (χ1) is 12.0. The second-order valence-corrected chi connectivity index (χ2v) is 5.67. The van der Waals surface area contributed by atoms with E-state index in [1.54, 1.807) is 24.4 Å². The zero-order valence-corrected chi connectivity index (χ0v) is 14.9. The van der Waals surface area contributed by atoms with Crippen LogP contribution in [0.25, 0.3) is 0 Å². The molecule has 1 aliphatic rings. The molecule has 0 amide bonds. The number of ether oxygens (including phenoxy) is 3. The van der Waals surface area contributed by atoms with Crippen LogP contribution in [0, 0.1) is 6.92 Å². The maximum absolute atomic E-state index is 12.4. The molecule has 0 bridgehead atoms. The molecule has 0 saturated carbocycles. The number of methoxy groups -OCH3 is 3. The van der Waals surface area contributed by atoms with Crippen molar-refractivity contribution in [1.29, 1.82) is 0 Å². The zero-order chi connectivity index (χ0) is 18.4. The lowest BCUT2D eigenvalue weighted by Gasteiger charge is -2.30. The van der Waals surface area contributed by atoms with Crippen molar-refractivity contribution in [3.63, 3.8) is 0 Å². The molecule has 6 heteroatoms. The van der Waals surface area contributed by atoms with Crippen LogP contribution in [-0.4, -0.2) is 51.3 Å². The molecule has 134 valence electrons. The Balaban J connectivity index is 2.57. The minimum Gasteiger partial charge on any atom is -0.466 e. The molecule has 0 unspecified atom stereocenters. The first-order valence-electron chi connectivity index (χ1n) is 7.93. The van der Waals surface area contributed by atoms with Crippen LogP contribution < -0.4 is 0 Å². The van der Waals surface area contributed by atoms with Gasteiger partial charge in [0.15, 0.2) is 0 Å². The summed E-state index contributed by atoms with van der Waals surface area (Å²) in [6.07, 6.45) is 3.41. The molecule has 25 heavy (non-hydrogen) atoms. The van der Waals surface area contributed by atoms with E-state index in [-0.39, 0.29) is 0 Å². The SMILES string of the molecule is COCCN1C=C(C(=O)OC)C(c2ccccc2C)C(C(=O)OC)=C1. The third kappa shape index (κ3) is 4.09. The zero-order valence-electron chi connectivity index (χ0n) is 14.9. The van der Waals surface area contributed by atoms with E-state index in [2.05, 4.69) is 0 Å². The van der Waals surface area contributed by atoms with Gasteiger partial charge in [0.2, 0.25) is 0 Å². The molecule has 0 radical (unpaired) electrons. The maximum atomic E-state index is 12.4. The molecular weight excluding hydrogens is 322 g/mol. The summed E-state index contributed by atoms with van der Waals surface area (Å²) in [5.41, 5.74) is 2.61. The van der Waals surface area contributed by atoms with Crippen molar-refractivity contribution in [3.05, 3.63) is 58.9 Å². The van der Waals surface area contributed by atoms with Gasteiger partial charge in [0.1, 0.15) is 0 Å². The highest BCUT2D eigenvalue weighted by molar-refractivity contribution is 5.98. The van der Waals surface area contributed by atoms with Crippen LogP contribution in [0.15, 0.2) is 47.8 Å². The second-order valence-electron chi connectivity index (χ2n) is 5.67. The van der Waals surface area contributed by atoms with E-state index >= 15 is 0 Å². The van der Waals surface area contributed by atoms with Gasteiger partial charge in [-0.2, -0.15) is 0 Å². The molecule has 0 atom stereocenters. The second kappa shape index (κ2) is 8.48. The number of carbonyl (C=O) groups excluding carboxylic acids is 2. The molecule has 0 saturated heterocycles. The molecule has 1 aromatic rings. The van der Waals surface area contributed by atoms with Gasteiger partial charge in [0.25, 0.3) is 0 Å². The first-order valence-corrected chi connectivity index (χ1v) is 7.93. The Hall–Kier alpha value is -2.60. The predicted molar refractivity (Wildman–Crippen MR) is 92.7 cm³/mol. The fraction of sp³-hybridized carbons (Fsp3) is 0.368. The fourth-order valence-electron chi connectivity index (χ4n) is 2.86. The highest BCUT2D eigenvalue weighted by Crippen LogP contribution is 2.38. The highest BCUT2D eigenvalue weighted by Gasteiger charge is 2.35. The van der Waals surface area contributed by atoms with E-state index in [0.29, 0.717) is 24.3 Å². The number of rotatable bonds is 6. The van der Waals surface area contributed by atoms with E-state index in [9.17, 15) is 9.59 Å². The summed E-state index contributed by atoms with van der Waals surface area (Å²) >= 11 is 0. The lowest BCUT2D eigenvalue weighted by Crippen LogP contribution is -2.30. The topological polar surface area (TPSA) is 65.1 Å². The molecule has 0 fully saturated rings. The van der Waals surface area contributed by atoms with Gasteiger partial charge in [-0.25, -0.2) is 9.59 Å². The minimum absolute atomic E-state index is 0.385. The first kappa shape index (κ1) is 18.7. The molecular formula is C19H23NO5. The normalized spacial score (nSPS) is 14.6. The van der Waals surface area contributed by atoms with Crippen LogP contribution >= 0.6 is 0 Å². The van der Waals surface area contributed by atoms with Gasteiger partial charge >= 0.3 is 11.9 Å². The molecule has 1 heterocycles. The maximum Gasteiger partial charge on any atom is 0.336 e. The lowest BCUT2D eigenvalue weighted by molar-refractivity contribution is -0.137. The Bertz CT molecular complexity index is 674. The Kier molecular flexibility index (Phi) is 6.36. The van der Waals surface area contributed by atoms with Gasteiger partial charge in [-0.1, -0.05) is 24.3 Å². The third-order valence-corrected chi connectivity index (χ3v) is 4.13. The van der Waals surface area contributed by atoms with Gasteiger partial charge in [-0.05, 0) is 18.1 Å². The van der Waals surface area contributed by atoms with Crippen LogP contribution in [0.3, 0.4) is 0 Å². The Morgan fingerprint density at radius 2 is 1.56 bits per heavy atom. The quantitative estimate of drug-likeness (QED) is 0.736. The summed E-state index contributed by atoms with van der Waals surface area (Å²) < 4.78 is 15.0. The van der Waals surface area contributed by atoms with Crippen molar-refractivity contribution in [2.24, 2.45) is 0 Å². The largest absolute Gasteiger partial charge is 0.466 e.